The molecule has 1 fully saturated rings. The van der Waals surface area contributed by atoms with Crippen LogP contribution in [-0.4, -0.2) is 31.6 Å². The largest absolute Gasteiger partial charge is 0.497 e. The minimum Gasteiger partial charge on any atom is -0.497 e. The van der Waals surface area contributed by atoms with Crippen molar-refractivity contribution in [2.45, 2.75) is 32.2 Å². The highest BCUT2D eigenvalue weighted by Gasteiger charge is 2.24. The van der Waals surface area contributed by atoms with Crippen LogP contribution in [0.1, 0.15) is 37.8 Å². The smallest absolute Gasteiger partial charge is 0.119 e. The molecule has 0 amide bonds. The van der Waals surface area contributed by atoms with Gasteiger partial charge in [0.2, 0.25) is 0 Å². The Balaban J connectivity index is 1.94. The summed E-state index contributed by atoms with van der Waals surface area (Å²) in [6.45, 7) is 5.54. The summed E-state index contributed by atoms with van der Waals surface area (Å²) in [5, 5.41) is 0. The van der Waals surface area contributed by atoms with Crippen molar-refractivity contribution in [3.63, 3.8) is 0 Å². The molecule has 2 N–H and O–H groups in total. The Labute approximate surface area is 116 Å². The summed E-state index contributed by atoms with van der Waals surface area (Å²) in [6, 6.07) is 8.18. The van der Waals surface area contributed by atoms with Gasteiger partial charge in [-0.3, -0.25) is 0 Å². The molecule has 3 heteroatoms. The second-order valence-electron chi connectivity index (χ2n) is 5.59. The zero-order chi connectivity index (χ0) is 13.7. The van der Waals surface area contributed by atoms with E-state index in [0.29, 0.717) is 0 Å². The zero-order valence-electron chi connectivity index (χ0n) is 12.1. The van der Waals surface area contributed by atoms with Crippen LogP contribution in [0.15, 0.2) is 24.3 Å². The average Bonchev–Trinajstić information content (AvgIpc) is 3.23. The van der Waals surface area contributed by atoms with Crippen LogP contribution in [0.4, 0.5) is 0 Å². The van der Waals surface area contributed by atoms with Gasteiger partial charge in [0.15, 0.2) is 0 Å². The molecule has 0 radical (unpaired) electrons. The Kier molecular flexibility index (Phi) is 5.23. The molecule has 3 nitrogen and oxygen atoms in total. The monoisotopic (exact) mass is 262 g/mol. The minimum absolute atomic E-state index is 0.0698. The molecular weight excluding hydrogens is 236 g/mol. The van der Waals surface area contributed by atoms with Gasteiger partial charge < -0.3 is 15.4 Å². The molecule has 106 valence electrons. The highest BCUT2D eigenvalue weighted by atomic mass is 16.5. The summed E-state index contributed by atoms with van der Waals surface area (Å²) in [5.41, 5.74) is 7.51. The van der Waals surface area contributed by atoms with Gasteiger partial charge in [0.1, 0.15) is 5.75 Å². The number of hydrogen-bond acceptors (Lipinski definition) is 3. The van der Waals surface area contributed by atoms with E-state index in [9.17, 15) is 0 Å². The SMILES string of the molecule is CCCN(CC1CC1)CC(N)c1cccc(OC)c1. The van der Waals surface area contributed by atoms with E-state index in [4.69, 9.17) is 10.5 Å². The first-order valence-corrected chi connectivity index (χ1v) is 7.34. The van der Waals surface area contributed by atoms with Gasteiger partial charge in [0, 0.05) is 19.1 Å². The number of ether oxygens (including phenoxy) is 1. The maximum Gasteiger partial charge on any atom is 0.119 e. The number of nitrogens with zero attached hydrogens (tertiary/aromatic N) is 1. The molecule has 0 spiro atoms. The minimum atomic E-state index is 0.0698. The highest BCUT2D eigenvalue weighted by Crippen LogP contribution is 2.30. The predicted molar refractivity (Wildman–Crippen MR) is 79.4 cm³/mol. The standard InChI is InChI=1S/C16H26N2O/c1-3-9-18(11-13-7-8-13)12-16(17)14-5-4-6-15(10-14)19-2/h4-6,10,13,16H,3,7-9,11-12,17H2,1-2H3. The van der Waals surface area contributed by atoms with E-state index >= 15 is 0 Å². The molecule has 1 atom stereocenters. The van der Waals surface area contributed by atoms with Gasteiger partial charge in [-0.15, -0.1) is 0 Å². The lowest BCUT2D eigenvalue weighted by molar-refractivity contribution is 0.248. The summed E-state index contributed by atoms with van der Waals surface area (Å²) in [7, 11) is 1.70. The van der Waals surface area contributed by atoms with Crippen molar-refractivity contribution in [3.05, 3.63) is 29.8 Å². The Bertz CT molecular complexity index is 390. The van der Waals surface area contributed by atoms with E-state index in [-0.39, 0.29) is 6.04 Å². The van der Waals surface area contributed by atoms with Crippen molar-refractivity contribution in [2.75, 3.05) is 26.7 Å². The van der Waals surface area contributed by atoms with Gasteiger partial charge in [-0.2, -0.15) is 0 Å². The second-order valence-corrected chi connectivity index (χ2v) is 5.59. The van der Waals surface area contributed by atoms with E-state index in [1.54, 1.807) is 7.11 Å². The van der Waals surface area contributed by atoms with Crippen LogP contribution in [0.2, 0.25) is 0 Å². The first kappa shape index (κ1) is 14.4. The number of rotatable bonds is 8. The van der Waals surface area contributed by atoms with E-state index in [0.717, 1.165) is 30.3 Å². The molecule has 0 heterocycles. The lowest BCUT2D eigenvalue weighted by Gasteiger charge is -2.25. The van der Waals surface area contributed by atoms with Gasteiger partial charge in [0.25, 0.3) is 0 Å². The van der Waals surface area contributed by atoms with Crippen molar-refractivity contribution in [1.29, 1.82) is 0 Å². The summed E-state index contributed by atoms with van der Waals surface area (Å²) in [4.78, 5) is 2.52. The molecule has 0 aliphatic heterocycles. The fraction of sp³-hybridized carbons (Fsp3) is 0.625. The number of methoxy groups -OCH3 is 1. The fourth-order valence-corrected chi connectivity index (χ4v) is 2.49. The topological polar surface area (TPSA) is 38.5 Å². The van der Waals surface area contributed by atoms with Crippen molar-refractivity contribution in [1.82, 2.24) is 4.90 Å². The molecule has 1 aliphatic rings. The summed E-state index contributed by atoms with van der Waals surface area (Å²) >= 11 is 0. The Morgan fingerprint density at radius 1 is 1.42 bits per heavy atom. The van der Waals surface area contributed by atoms with Crippen LogP contribution in [0.5, 0.6) is 5.75 Å². The number of benzene rings is 1. The zero-order valence-corrected chi connectivity index (χ0v) is 12.1. The van der Waals surface area contributed by atoms with Gasteiger partial charge in [-0.05, 0) is 49.4 Å². The number of hydrogen-bond donors (Lipinski definition) is 1. The van der Waals surface area contributed by atoms with Gasteiger partial charge in [0.05, 0.1) is 7.11 Å². The highest BCUT2D eigenvalue weighted by molar-refractivity contribution is 5.30. The third-order valence-electron chi connectivity index (χ3n) is 3.73. The molecule has 1 saturated carbocycles. The second kappa shape index (κ2) is 6.92. The normalized spacial score (nSPS) is 16.6. The molecule has 1 aromatic rings. The third kappa shape index (κ3) is 4.51. The molecule has 19 heavy (non-hydrogen) atoms. The third-order valence-corrected chi connectivity index (χ3v) is 3.73. The molecule has 0 aromatic heterocycles. The predicted octanol–water partition coefficient (Wildman–Crippen LogP) is 2.82. The first-order valence-electron chi connectivity index (χ1n) is 7.34. The van der Waals surface area contributed by atoms with Gasteiger partial charge >= 0.3 is 0 Å². The Morgan fingerprint density at radius 3 is 2.84 bits per heavy atom. The summed E-state index contributed by atoms with van der Waals surface area (Å²) in [6.07, 6.45) is 3.99. The summed E-state index contributed by atoms with van der Waals surface area (Å²) < 4.78 is 5.26. The molecule has 2 rings (SSSR count). The fourth-order valence-electron chi connectivity index (χ4n) is 2.49. The maximum atomic E-state index is 6.35. The molecule has 1 aliphatic carbocycles. The van der Waals surface area contributed by atoms with E-state index < -0.39 is 0 Å². The van der Waals surface area contributed by atoms with Gasteiger partial charge in [-0.25, -0.2) is 0 Å². The van der Waals surface area contributed by atoms with Crippen LogP contribution in [0.25, 0.3) is 0 Å². The average molecular weight is 262 g/mol. The summed E-state index contributed by atoms with van der Waals surface area (Å²) in [5.74, 6) is 1.81. The molecule has 1 unspecified atom stereocenters. The van der Waals surface area contributed by atoms with E-state index in [2.05, 4.69) is 17.9 Å². The van der Waals surface area contributed by atoms with Crippen molar-refractivity contribution in [2.24, 2.45) is 11.7 Å². The van der Waals surface area contributed by atoms with Crippen LogP contribution in [0.3, 0.4) is 0 Å². The first-order chi connectivity index (χ1) is 9.22. The Hall–Kier alpha value is -1.06. The lowest BCUT2D eigenvalue weighted by atomic mass is 10.1. The van der Waals surface area contributed by atoms with E-state index in [1.807, 2.05) is 18.2 Å². The van der Waals surface area contributed by atoms with Crippen LogP contribution >= 0.6 is 0 Å². The molecular formula is C16H26N2O. The van der Waals surface area contributed by atoms with Crippen LogP contribution in [0, 0.1) is 5.92 Å². The quantitative estimate of drug-likeness (QED) is 0.783. The van der Waals surface area contributed by atoms with E-state index in [1.165, 1.54) is 25.8 Å². The lowest BCUT2D eigenvalue weighted by Crippen LogP contribution is -2.34. The molecule has 0 saturated heterocycles. The van der Waals surface area contributed by atoms with Gasteiger partial charge in [-0.1, -0.05) is 19.1 Å². The van der Waals surface area contributed by atoms with Crippen molar-refractivity contribution in [3.8, 4) is 5.75 Å². The van der Waals surface area contributed by atoms with Crippen molar-refractivity contribution < 1.29 is 4.74 Å². The van der Waals surface area contributed by atoms with Crippen LogP contribution < -0.4 is 10.5 Å². The molecule has 0 bridgehead atoms. The van der Waals surface area contributed by atoms with Crippen LogP contribution in [-0.2, 0) is 0 Å². The number of nitrogens with two attached hydrogens (primary N) is 1. The molecule has 1 aromatic carbocycles. The van der Waals surface area contributed by atoms with Crippen molar-refractivity contribution >= 4 is 0 Å². The Morgan fingerprint density at radius 2 is 2.21 bits per heavy atom. The maximum absolute atomic E-state index is 6.35.